The maximum atomic E-state index is 13.9. The van der Waals surface area contributed by atoms with Crippen molar-refractivity contribution in [1.82, 2.24) is 15.5 Å². The van der Waals surface area contributed by atoms with Gasteiger partial charge in [-0.25, -0.2) is 4.39 Å². The highest BCUT2D eigenvalue weighted by atomic mass is 19.1. The molecule has 0 aliphatic heterocycles. The van der Waals surface area contributed by atoms with Gasteiger partial charge in [-0.05, 0) is 24.1 Å². The van der Waals surface area contributed by atoms with Gasteiger partial charge in [0, 0.05) is 24.2 Å². The molecule has 24 heavy (non-hydrogen) atoms. The molecule has 0 aliphatic rings. The lowest BCUT2D eigenvalue weighted by atomic mass is 10.1. The standard InChI is InChI=1S/C19H20FN3O/c20-18-9-5-4-8-17(18)19-15(12-22-23-19)11-21-13-16(24)10-14-6-2-1-3-7-14/h1-9,12,16,21,24H,10-11,13H2,(H,22,23). The number of aliphatic hydroxyl groups is 1. The van der Waals surface area contributed by atoms with Crippen molar-refractivity contribution in [3.8, 4) is 11.3 Å². The molecule has 0 bridgehead atoms. The van der Waals surface area contributed by atoms with Gasteiger partial charge >= 0.3 is 0 Å². The van der Waals surface area contributed by atoms with Gasteiger partial charge < -0.3 is 10.4 Å². The molecule has 0 aliphatic carbocycles. The van der Waals surface area contributed by atoms with E-state index in [0.29, 0.717) is 30.8 Å². The van der Waals surface area contributed by atoms with Gasteiger partial charge in [-0.2, -0.15) is 5.10 Å². The third-order valence-corrected chi connectivity index (χ3v) is 3.87. The zero-order chi connectivity index (χ0) is 16.8. The maximum absolute atomic E-state index is 13.9. The van der Waals surface area contributed by atoms with Gasteiger partial charge in [0.25, 0.3) is 0 Å². The molecule has 3 rings (SSSR count). The molecular formula is C19H20FN3O. The fourth-order valence-electron chi connectivity index (χ4n) is 2.67. The van der Waals surface area contributed by atoms with E-state index in [0.717, 1.165) is 11.1 Å². The molecule has 3 N–H and O–H groups in total. The smallest absolute Gasteiger partial charge is 0.132 e. The number of H-pyrrole nitrogens is 1. The number of halogens is 1. The van der Waals surface area contributed by atoms with Crippen molar-refractivity contribution in [2.75, 3.05) is 6.54 Å². The predicted molar refractivity (Wildman–Crippen MR) is 91.8 cm³/mol. The minimum Gasteiger partial charge on any atom is -0.391 e. The van der Waals surface area contributed by atoms with Crippen LogP contribution in [0.5, 0.6) is 0 Å². The number of nitrogens with one attached hydrogen (secondary N) is 2. The Morgan fingerprint density at radius 2 is 1.83 bits per heavy atom. The minimum absolute atomic E-state index is 0.285. The molecule has 0 saturated heterocycles. The van der Waals surface area contributed by atoms with Crippen molar-refractivity contribution in [1.29, 1.82) is 0 Å². The van der Waals surface area contributed by atoms with E-state index in [-0.39, 0.29) is 5.82 Å². The predicted octanol–water partition coefficient (Wildman–Crippen LogP) is 2.91. The van der Waals surface area contributed by atoms with E-state index in [1.807, 2.05) is 30.3 Å². The normalized spacial score (nSPS) is 12.2. The van der Waals surface area contributed by atoms with Crippen molar-refractivity contribution in [3.63, 3.8) is 0 Å². The van der Waals surface area contributed by atoms with Crippen molar-refractivity contribution in [2.24, 2.45) is 0 Å². The molecule has 1 atom stereocenters. The van der Waals surface area contributed by atoms with Gasteiger partial charge in [0.1, 0.15) is 5.82 Å². The van der Waals surface area contributed by atoms with Crippen LogP contribution < -0.4 is 5.32 Å². The second-order valence-corrected chi connectivity index (χ2v) is 5.72. The Labute approximate surface area is 140 Å². The molecule has 0 spiro atoms. The van der Waals surface area contributed by atoms with Crippen LogP contribution in [0, 0.1) is 5.82 Å². The number of nitrogens with zero attached hydrogens (tertiary/aromatic N) is 1. The highest BCUT2D eigenvalue weighted by molar-refractivity contribution is 5.63. The van der Waals surface area contributed by atoms with Crippen LogP contribution in [0.1, 0.15) is 11.1 Å². The summed E-state index contributed by atoms with van der Waals surface area (Å²) in [6.45, 7) is 0.961. The van der Waals surface area contributed by atoms with Crippen LogP contribution in [0.3, 0.4) is 0 Å². The first-order chi connectivity index (χ1) is 11.7. The maximum Gasteiger partial charge on any atom is 0.132 e. The van der Waals surface area contributed by atoms with Gasteiger partial charge in [0.2, 0.25) is 0 Å². The quantitative estimate of drug-likeness (QED) is 0.626. The number of benzene rings is 2. The number of hydrogen-bond donors (Lipinski definition) is 3. The first-order valence-corrected chi connectivity index (χ1v) is 7.94. The number of hydrogen-bond acceptors (Lipinski definition) is 3. The lowest BCUT2D eigenvalue weighted by molar-refractivity contribution is 0.171. The zero-order valence-electron chi connectivity index (χ0n) is 13.2. The molecule has 1 aromatic heterocycles. The highest BCUT2D eigenvalue weighted by Crippen LogP contribution is 2.23. The summed E-state index contributed by atoms with van der Waals surface area (Å²) >= 11 is 0. The molecular weight excluding hydrogens is 305 g/mol. The Kier molecular flexibility index (Phi) is 5.36. The van der Waals surface area contributed by atoms with E-state index in [2.05, 4.69) is 15.5 Å². The summed E-state index contributed by atoms with van der Waals surface area (Å²) < 4.78 is 13.9. The average molecular weight is 325 g/mol. The van der Waals surface area contributed by atoms with Crippen LogP contribution in [-0.4, -0.2) is 28.0 Å². The second kappa shape index (κ2) is 7.86. The lowest BCUT2D eigenvalue weighted by Gasteiger charge is -2.12. The number of aromatic nitrogens is 2. The Morgan fingerprint density at radius 3 is 2.62 bits per heavy atom. The average Bonchev–Trinajstić information content (AvgIpc) is 3.04. The largest absolute Gasteiger partial charge is 0.391 e. The third-order valence-electron chi connectivity index (χ3n) is 3.87. The van der Waals surface area contributed by atoms with Crippen molar-refractivity contribution < 1.29 is 9.50 Å². The van der Waals surface area contributed by atoms with Crippen LogP contribution in [0.4, 0.5) is 4.39 Å². The first-order valence-electron chi connectivity index (χ1n) is 7.94. The lowest BCUT2D eigenvalue weighted by Crippen LogP contribution is -2.28. The van der Waals surface area contributed by atoms with Crippen molar-refractivity contribution >= 4 is 0 Å². The second-order valence-electron chi connectivity index (χ2n) is 5.72. The van der Waals surface area contributed by atoms with E-state index in [1.54, 1.807) is 24.4 Å². The molecule has 4 nitrogen and oxygen atoms in total. The minimum atomic E-state index is -0.476. The summed E-state index contributed by atoms with van der Waals surface area (Å²) in [5, 5.41) is 20.2. The van der Waals surface area contributed by atoms with E-state index < -0.39 is 6.10 Å². The third kappa shape index (κ3) is 4.07. The number of rotatable bonds is 7. The Hall–Kier alpha value is -2.50. The summed E-state index contributed by atoms with van der Waals surface area (Å²) in [7, 11) is 0. The first kappa shape index (κ1) is 16.4. The molecule has 0 saturated carbocycles. The van der Waals surface area contributed by atoms with Gasteiger partial charge in [-0.1, -0.05) is 42.5 Å². The number of aromatic amines is 1. The van der Waals surface area contributed by atoms with E-state index in [4.69, 9.17) is 0 Å². The van der Waals surface area contributed by atoms with E-state index in [9.17, 15) is 9.50 Å². The van der Waals surface area contributed by atoms with Crippen molar-refractivity contribution in [3.05, 3.63) is 77.7 Å². The Bertz CT molecular complexity index is 773. The molecule has 0 fully saturated rings. The fourth-order valence-corrected chi connectivity index (χ4v) is 2.67. The van der Waals surface area contributed by atoms with Gasteiger partial charge in [0.15, 0.2) is 0 Å². The topological polar surface area (TPSA) is 60.9 Å². The van der Waals surface area contributed by atoms with Crippen LogP contribution in [0.2, 0.25) is 0 Å². The van der Waals surface area contributed by atoms with E-state index in [1.165, 1.54) is 6.07 Å². The van der Waals surface area contributed by atoms with Gasteiger partial charge in [-0.15, -0.1) is 0 Å². The Balaban J connectivity index is 1.56. The monoisotopic (exact) mass is 325 g/mol. The van der Waals surface area contributed by atoms with Gasteiger partial charge in [0.05, 0.1) is 18.0 Å². The SMILES string of the molecule is OC(CNCc1cn[nH]c1-c1ccccc1F)Cc1ccccc1. The van der Waals surface area contributed by atoms with E-state index >= 15 is 0 Å². The van der Waals surface area contributed by atoms with Crippen LogP contribution >= 0.6 is 0 Å². The molecule has 2 aromatic carbocycles. The molecule has 1 unspecified atom stereocenters. The molecule has 0 amide bonds. The summed E-state index contributed by atoms with van der Waals surface area (Å²) in [5.74, 6) is -0.285. The molecule has 3 aromatic rings. The summed E-state index contributed by atoms with van der Waals surface area (Å²) in [6, 6.07) is 16.5. The molecule has 124 valence electrons. The highest BCUT2D eigenvalue weighted by Gasteiger charge is 2.12. The van der Waals surface area contributed by atoms with Gasteiger partial charge in [-0.3, -0.25) is 5.10 Å². The molecule has 1 heterocycles. The van der Waals surface area contributed by atoms with Crippen LogP contribution in [0.15, 0.2) is 60.8 Å². The fraction of sp³-hybridized carbons (Fsp3) is 0.211. The molecule has 0 radical (unpaired) electrons. The van der Waals surface area contributed by atoms with Crippen LogP contribution in [-0.2, 0) is 13.0 Å². The van der Waals surface area contributed by atoms with Crippen LogP contribution in [0.25, 0.3) is 11.3 Å². The molecule has 5 heteroatoms. The zero-order valence-corrected chi connectivity index (χ0v) is 13.2. The Morgan fingerprint density at radius 1 is 1.08 bits per heavy atom. The number of aliphatic hydroxyl groups excluding tert-OH is 1. The summed E-state index contributed by atoms with van der Waals surface area (Å²) in [4.78, 5) is 0. The van der Waals surface area contributed by atoms with Crippen molar-refractivity contribution in [2.45, 2.75) is 19.1 Å². The summed E-state index contributed by atoms with van der Waals surface area (Å²) in [5.41, 5.74) is 3.13. The summed E-state index contributed by atoms with van der Waals surface area (Å²) in [6.07, 6.45) is 1.80.